The Hall–Kier alpha value is -1.69. The Kier molecular flexibility index (Phi) is 5.10. The smallest absolute Gasteiger partial charge is 0.191 e. The largest absolute Gasteiger partial charge is 0.493 e. The van der Waals surface area contributed by atoms with Crippen LogP contribution in [0.2, 0.25) is 0 Å². The van der Waals surface area contributed by atoms with Gasteiger partial charge in [0.15, 0.2) is 22.5 Å². The first-order valence-electron chi connectivity index (χ1n) is 7.99. The molecule has 0 amide bonds. The average molecular weight is 333 g/mol. The number of thioether (sulfide) groups is 1. The van der Waals surface area contributed by atoms with Gasteiger partial charge in [0.05, 0.1) is 14.2 Å². The zero-order chi connectivity index (χ0) is 16.2. The highest BCUT2D eigenvalue weighted by molar-refractivity contribution is 7.98. The normalized spacial score (nSPS) is 15.6. The van der Waals surface area contributed by atoms with E-state index in [0.29, 0.717) is 11.8 Å². The van der Waals surface area contributed by atoms with E-state index >= 15 is 0 Å². The predicted molar refractivity (Wildman–Crippen MR) is 92.5 cm³/mol. The third-order valence-corrected chi connectivity index (χ3v) is 5.07. The van der Waals surface area contributed by atoms with Crippen LogP contribution in [0.3, 0.4) is 0 Å². The summed E-state index contributed by atoms with van der Waals surface area (Å²) in [6.45, 7) is 0. The van der Waals surface area contributed by atoms with E-state index < -0.39 is 0 Å². The minimum Gasteiger partial charge on any atom is -0.493 e. The molecule has 2 aromatic rings. The van der Waals surface area contributed by atoms with Crippen molar-refractivity contribution < 1.29 is 9.47 Å². The van der Waals surface area contributed by atoms with E-state index in [1.807, 2.05) is 18.2 Å². The first-order valence-corrected chi connectivity index (χ1v) is 9.22. The summed E-state index contributed by atoms with van der Waals surface area (Å²) in [5, 5.41) is 9.83. The van der Waals surface area contributed by atoms with Crippen LogP contribution in [0, 0.1) is 0 Å². The van der Waals surface area contributed by atoms with Gasteiger partial charge in [-0.25, -0.2) is 0 Å². The van der Waals surface area contributed by atoms with Crippen molar-refractivity contribution >= 4 is 11.8 Å². The van der Waals surface area contributed by atoms with E-state index in [2.05, 4.69) is 21.0 Å². The van der Waals surface area contributed by atoms with Crippen LogP contribution < -0.4 is 9.47 Å². The van der Waals surface area contributed by atoms with Gasteiger partial charge in [-0.3, -0.25) is 4.57 Å². The van der Waals surface area contributed by atoms with Crippen molar-refractivity contribution in [2.24, 2.45) is 0 Å². The minimum atomic E-state index is 0.490. The number of benzene rings is 1. The van der Waals surface area contributed by atoms with Crippen molar-refractivity contribution in [1.29, 1.82) is 0 Å². The summed E-state index contributed by atoms with van der Waals surface area (Å²) in [5.41, 5.74) is 1.01. The van der Waals surface area contributed by atoms with Crippen molar-refractivity contribution in [3.05, 3.63) is 18.2 Å². The summed E-state index contributed by atoms with van der Waals surface area (Å²) in [4.78, 5) is 0. The highest BCUT2D eigenvalue weighted by atomic mass is 32.2. The van der Waals surface area contributed by atoms with Gasteiger partial charge in [-0.05, 0) is 37.3 Å². The highest BCUT2D eigenvalue weighted by Crippen LogP contribution is 2.37. The fourth-order valence-electron chi connectivity index (χ4n) is 3.26. The molecule has 0 N–H and O–H groups in total. The molecule has 124 valence electrons. The van der Waals surface area contributed by atoms with Gasteiger partial charge in [0, 0.05) is 11.6 Å². The van der Waals surface area contributed by atoms with Gasteiger partial charge in [-0.2, -0.15) is 0 Å². The van der Waals surface area contributed by atoms with Gasteiger partial charge >= 0.3 is 0 Å². The molecule has 1 aromatic carbocycles. The molecule has 1 aliphatic carbocycles. The lowest BCUT2D eigenvalue weighted by atomic mass is 9.95. The molecular formula is C17H23N3O2S. The third kappa shape index (κ3) is 3.17. The lowest BCUT2D eigenvalue weighted by molar-refractivity contribution is 0.339. The molecule has 3 rings (SSSR count). The number of rotatable bonds is 5. The van der Waals surface area contributed by atoms with Gasteiger partial charge in [0.25, 0.3) is 0 Å². The van der Waals surface area contributed by atoms with Gasteiger partial charge < -0.3 is 9.47 Å². The summed E-state index contributed by atoms with van der Waals surface area (Å²) >= 11 is 1.66. The summed E-state index contributed by atoms with van der Waals surface area (Å²) < 4.78 is 13.1. The minimum absolute atomic E-state index is 0.490. The second-order valence-electron chi connectivity index (χ2n) is 5.74. The highest BCUT2D eigenvalue weighted by Gasteiger charge is 2.23. The average Bonchev–Trinajstić information content (AvgIpc) is 3.05. The molecule has 23 heavy (non-hydrogen) atoms. The quantitative estimate of drug-likeness (QED) is 0.768. The molecule has 6 heteroatoms. The molecule has 0 saturated heterocycles. The molecule has 0 bridgehead atoms. The Bertz CT molecular complexity index is 666. The van der Waals surface area contributed by atoms with Crippen LogP contribution >= 0.6 is 11.8 Å². The van der Waals surface area contributed by atoms with Crippen LogP contribution in [-0.2, 0) is 0 Å². The summed E-state index contributed by atoms with van der Waals surface area (Å²) in [7, 11) is 3.30. The van der Waals surface area contributed by atoms with Gasteiger partial charge in [-0.1, -0.05) is 31.0 Å². The number of nitrogens with zero attached hydrogens (tertiary/aromatic N) is 3. The van der Waals surface area contributed by atoms with E-state index in [-0.39, 0.29) is 0 Å². The number of hydrogen-bond donors (Lipinski definition) is 0. The number of ether oxygens (including phenoxy) is 2. The van der Waals surface area contributed by atoms with E-state index in [4.69, 9.17) is 9.47 Å². The Morgan fingerprint density at radius 3 is 2.43 bits per heavy atom. The Morgan fingerprint density at radius 2 is 1.78 bits per heavy atom. The van der Waals surface area contributed by atoms with Crippen molar-refractivity contribution in [3.63, 3.8) is 0 Å². The standard InChI is InChI=1S/C17H23N3O2S/c1-21-14-10-9-12(11-15(14)22-2)16-18-19-17(23-3)20(16)13-7-5-4-6-8-13/h9-11,13H,4-8H2,1-3H3. The molecule has 5 nitrogen and oxygen atoms in total. The predicted octanol–water partition coefficient (Wildman–Crippen LogP) is 4.19. The van der Waals surface area contributed by atoms with E-state index in [1.165, 1.54) is 32.1 Å². The summed E-state index contributed by atoms with van der Waals surface area (Å²) in [6, 6.07) is 6.41. The summed E-state index contributed by atoms with van der Waals surface area (Å²) in [5.74, 6) is 2.36. The zero-order valence-corrected chi connectivity index (χ0v) is 14.7. The number of hydrogen-bond acceptors (Lipinski definition) is 5. The van der Waals surface area contributed by atoms with Crippen LogP contribution in [-0.4, -0.2) is 35.2 Å². The Labute approximate surface area is 141 Å². The van der Waals surface area contributed by atoms with Crippen LogP contribution in [0.25, 0.3) is 11.4 Å². The molecule has 0 atom stereocenters. The second kappa shape index (κ2) is 7.25. The fourth-order valence-corrected chi connectivity index (χ4v) is 3.81. The monoisotopic (exact) mass is 333 g/mol. The first-order chi connectivity index (χ1) is 11.3. The lowest BCUT2D eigenvalue weighted by Gasteiger charge is -2.25. The Balaban J connectivity index is 2.04. The van der Waals surface area contributed by atoms with Gasteiger partial charge in [0.2, 0.25) is 0 Å². The molecule has 1 aliphatic rings. The number of methoxy groups -OCH3 is 2. The van der Waals surface area contributed by atoms with Crippen LogP contribution in [0.4, 0.5) is 0 Å². The van der Waals surface area contributed by atoms with Crippen molar-refractivity contribution in [3.8, 4) is 22.9 Å². The molecule has 0 radical (unpaired) electrons. The maximum Gasteiger partial charge on any atom is 0.191 e. The summed E-state index contributed by atoms with van der Waals surface area (Å²) in [6.07, 6.45) is 8.35. The van der Waals surface area contributed by atoms with Gasteiger partial charge in [0.1, 0.15) is 0 Å². The molecule has 0 unspecified atom stereocenters. The molecule has 1 aromatic heterocycles. The second-order valence-corrected chi connectivity index (χ2v) is 6.52. The van der Waals surface area contributed by atoms with Crippen molar-refractivity contribution in [1.82, 2.24) is 14.8 Å². The van der Waals surface area contributed by atoms with Crippen molar-refractivity contribution in [2.75, 3.05) is 20.5 Å². The SMILES string of the molecule is COc1ccc(-c2nnc(SC)n2C2CCCCC2)cc1OC. The first kappa shape index (κ1) is 16.2. The van der Waals surface area contributed by atoms with Crippen LogP contribution in [0.15, 0.2) is 23.4 Å². The topological polar surface area (TPSA) is 49.2 Å². The maximum absolute atomic E-state index is 5.43. The fraction of sp³-hybridized carbons (Fsp3) is 0.529. The van der Waals surface area contributed by atoms with Gasteiger partial charge in [-0.15, -0.1) is 10.2 Å². The molecule has 1 fully saturated rings. The molecular weight excluding hydrogens is 310 g/mol. The molecule has 1 saturated carbocycles. The van der Waals surface area contributed by atoms with E-state index in [9.17, 15) is 0 Å². The van der Waals surface area contributed by atoms with E-state index in [0.717, 1.165) is 22.3 Å². The Morgan fingerprint density at radius 1 is 1.04 bits per heavy atom. The van der Waals surface area contributed by atoms with Crippen LogP contribution in [0.5, 0.6) is 11.5 Å². The molecule has 1 heterocycles. The zero-order valence-electron chi connectivity index (χ0n) is 13.9. The van der Waals surface area contributed by atoms with Crippen LogP contribution in [0.1, 0.15) is 38.1 Å². The molecule has 0 spiro atoms. The molecule has 0 aliphatic heterocycles. The lowest BCUT2D eigenvalue weighted by Crippen LogP contribution is -2.15. The third-order valence-electron chi connectivity index (χ3n) is 4.43. The van der Waals surface area contributed by atoms with Crippen molar-refractivity contribution in [2.45, 2.75) is 43.3 Å². The van der Waals surface area contributed by atoms with E-state index in [1.54, 1.807) is 26.0 Å². The maximum atomic E-state index is 5.43. The number of aromatic nitrogens is 3.